The summed E-state index contributed by atoms with van der Waals surface area (Å²) >= 11 is 5.86. The van der Waals surface area contributed by atoms with Gasteiger partial charge in [-0.1, -0.05) is 11.6 Å². The highest BCUT2D eigenvalue weighted by atomic mass is 35.5. The molecule has 0 aliphatic heterocycles. The van der Waals surface area contributed by atoms with E-state index in [9.17, 15) is 4.79 Å². The fourth-order valence-electron chi connectivity index (χ4n) is 1.69. The molecule has 0 aliphatic carbocycles. The van der Waals surface area contributed by atoms with Crippen molar-refractivity contribution in [3.05, 3.63) is 46.2 Å². The summed E-state index contributed by atoms with van der Waals surface area (Å²) in [5.74, 6) is -0.0908. The van der Waals surface area contributed by atoms with Crippen molar-refractivity contribution in [2.75, 3.05) is 5.32 Å². The van der Waals surface area contributed by atoms with Crippen molar-refractivity contribution < 1.29 is 4.79 Å². The Morgan fingerprint density at radius 2 is 2.17 bits per heavy atom. The summed E-state index contributed by atoms with van der Waals surface area (Å²) in [7, 11) is 0. The van der Waals surface area contributed by atoms with Gasteiger partial charge in [-0.25, -0.2) is 0 Å². The average molecular weight is 264 g/mol. The molecule has 4 nitrogen and oxygen atoms in total. The molecule has 0 radical (unpaired) electrons. The lowest BCUT2D eigenvalue weighted by molar-refractivity contribution is -0.115. The zero-order valence-electron chi connectivity index (χ0n) is 10.2. The monoisotopic (exact) mass is 263 g/mol. The number of halogens is 1. The van der Waals surface area contributed by atoms with Gasteiger partial charge in [-0.05, 0) is 43.7 Å². The van der Waals surface area contributed by atoms with E-state index in [0.29, 0.717) is 5.02 Å². The van der Waals surface area contributed by atoms with Crippen LogP contribution in [0.15, 0.2) is 24.3 Å². The number of nitrogens with zero attached hydrogens (tertiary/aromatic N) is 1. The third kappa shape index (κ3) is 3.11. The van der Waals surface area contributed by atoms with Gasteiger partial charge in [0.1, 0.15) is 0 Å². The molecule has 0 bridgehead atoms. The van der Waals surface area contributed by atoms with Gasteiger partial charge in [0.15, 0.2) is 0 Å². The predicted molar refractivity (Wildman–Crippen MR) is 71.8 cm³/mol. The molecule has 0 spiro atoms. The number of carbonyl (C=O) groups is 1. The van der Waals surface area contributed by atoms with Gasteiger partial charge in [-0.3, -0.25) is 9.89 Å². The summed E-state index contributed by atoms with van der Waals surface area (Å²) in [6, 6.07) is 7.22. The lowest BCUT2D eigenvalue weighted by Crippen LogP contribution is -2.15. The Hall–Kier alpha value is -1.81. The smallest absolute Gasteiger partial charge is 0.230 e. The number of benzene rings is 1. The van der Waals surface area contributed by atoms with E-state index in [4.69, 9.17) is 11.6 Å². The number of anilines is 1. The molecule has 18 heavy (non-hydrogen) atoms. The van der Waals surface area contributed by atoms with Gasteiger partial charge < -0.3 is 5.32 Å². The van der Waals surface area contributed by atoms with Crippen LogP contribution in [-0.4, -0.2) is 16.1 Å². The minimum Gasteiger partial charge on any atom is -0.326 e. The Balaban J connectivity index is 2.03. The topological polar surface area (TPSA) is 57.8 Å². The van der Waals surface area contributed by atoms with Crippen molar-refractivity contribution >= 4 is 23.2 Å². The number of aryl methyl sites for hydroxylation is 2. The summed E-state index contributed by atoms with van der Waals surface area (Å²) in [6.07, 6.45) is 0.256. The number of rotatable bonds is 3. The zero-order valence-corrected chi connectivity index (χ0v) is 11.0. The number of aromatic nitrogens is 2. The van der Waals surface area contributed by atoms with E-state index in [-0.39, 0.29) is 12.3 Å². The second kappa shape index (κ2) is 5.23. The largest absolute Gasteiger partial charge is 0.326 e. The molecule has 0 aliphatic rings. The van der Waals surface area contributed by atoms with Gasteiger partial charge in [0.2, 0.25) is 5.91 Å². The van der Waals surface area contributed by atoms with Crippen LogP contribution < -0.4 is 5.32 Å². The number of hydrogen-bond donors (Lipinski definition) is 2. The number of nitrogens with one attached hydrogen (secondary N) is 2. The normalized spacial score (nSPS) is 10.4. The SMILES string of the molecule is Cc1cc(CC(=O)Nc2ccc(Cl)cc2C)n[nH]1. The van der Waals surface area contributed by atoms with Gasteiger partial charge in [-0.15, -0.1) is 0 Å². The fraction of sp³-hybridized carbons (Fsp3) is 0.231. The lowest BCUT2D eigenvalue weighted by atomic mass is 10.2. The second-order valence-corrected chi connectivity index (χ2v) is 4.66. The molecule has 1 aromatic carbocycles. The van der Waals surface area contributed by atoms with Crippen molar-refractivity contribution in [2.24, 2.45) is 0 Å². The number of amides is 1. The first-order valence-electron chi connectivity index (χ1n) is 5.61. The Kier molecular flexibility index (Phi) is 3.67. The van der Waals surface area contributed by atoms with E-state index in [1.165, 1.54) is 0 Å². The average Bonchev–Trinajstić information content (AvgIpc) is 2.68. The molecular weight excluding hydrogens is 250 g/mol. The summed E-state index contributed by atoms with van der Waals surface area (Å²) in [5.41, 5.74) is 3.39. The first kappa shape index (κ1) is 12.6. The molecule has 0 unspecified atom stereocenters. The highest BCUT2D eigenvalue weighted by Gasteiger charge is 2.08. The maximum atomic E-state index is 11.8. The minimum atomic E-state index is -0.0908. The third-order valence-corrected chi connectivity index (χ3v) is 2.80. The van der Waals surface area contributed by atoms with Crippen LogP contribution in [0.3, 0.4) is 0 Å². The van der Waals surface area contributed by atoms with E-state index < -0.39 is 0 Å². The van der Waals surface area contributed by atoms with Crippen LogP contribution in [0.5, 0.6) is 0 Å². The second-order valence-electron chi connectivity index (χ2n) is 4.23. The molecule has 5 heteroatoms. The molecule has 2 aromatic rings. The van der Waals surface area contributed by atoms with Gasteiger partial charge in [0, 0.05) is 16.4 Å². The van der Waals surface area contributed by atoms with Crippen LogP contribution >= 0.6 is 11.6 Å². The molecule has 0 atom stereocenters. The number of aromatic amines is 1. The summed E-state index contributed by atoms with van der Waals surface area (Å²) in [4.78, 5) is 11.8. The molecule has 1 heterocycles. The van der Waals surface area contributed by atoms with Crippen LogP contribution in [-0.2, 0) is 11.2 Å². The van der Waals surface area contributed by atoms with Crippen molar-refractivity contribution in [3.63, 3.8) is 0 Å². The van der Waals surface area contributed by atoms with E-state index in [1.54, 1.807) is 12.1 Å². The summed E-state index contributed by atoms with van der Waals surface area (Å²) in [6.45, 7) is 3.80. The Morgan fingerprint density at radius 1 is 1.39 bits per heavy atom. The molecule has 0 saturated carbocycles. The molecule has 1 amide bonds. The molecule has 1 aromatic heterocycles. The lowest BCUT2D eigenvalue weighted by Gasteiger charge is -2.07. The van der Waals surface area contributed by atoms with Gasteiger partial charge in [-0.2, -0.15) is 5.10 Å². The highest BCUT2D eigenvalue weighted by Crippen LogP contribution is 2.19. The van der Waals surface area contributed by atoms with Crippen molar-refractivity contribution in [1.29, 1.82) is 0 Å². The van der Waals surface area contributed by atoms with Crippen LogP contribution in [0.25, 0.3) is 0 Å². The maximum Gasteiger partial charge on any atom is 0.230 e. The van der Waals surface area contributed by atoms with Gasteiger partial charge in [0.25, 0.3) is 0 Å². The summed E-state index contributed by atoms with van der Waals surface area (Å²) in [5, 5.41) is 10.3. The highest BCUT2D eigenvalue weighted by molar-refractivity contribution is 6.30. The zero-order chi connectivity index (χ0) is 13.1. The quantitative estimate of drug-likeness (QED) is 0.895. The predicted octanol–water partition coefficient (Wildman–Crippen LogP) is 2.86. The van der Waals surface area contributed by atoms with Crippen molar-refractivity contribution in [3.8, 4) is 0 Å². The first-order chi connectivity index (χ1) is 8.54. The standard InChI is InChI=1S/C13H14ClN3O/c1-8-5-10(14)3-4-12(8)15-13(18)7-11-6-9(2)16-17-11/h3-6H,7H2,1-2H3,(H,15,18)(H,16,17). The van der Waals surface area contributed by atoms with E-state index in [1.807, 2.05) is 26.0 Å². The van der Waals surface area contributed by atoms with Crippen molar-refractivity contribution in [2.45, 2.75) is 20.3 Å². The van der Waals surface area contributed by atoms with Crippen LogP contribution in [0.1, 0.15) is 17.0 Å². The molecule has 0 fully saturated rings. The van der Waals surface area contributed by atoms with E-state index in [0.717, 1.165) is 22.6 Å². The van der Waals surface area contributed by atoms with Crippen LogP contribution in [0, 0.1) is 13.8 Å². The summed E-state index contributed by atoms with van der Waals surface area (Å²) < 4.78 is 0. The minimum absolute atomic E-state index is 0.0908. The number of hydrogen-bond acceptors (Lipinski definition) is 2. The molecule has 2 N–H and O–H groups in total. The molecule has 94 valence electrons. The van der Waals surface area contributed by atoms with Crippen LogP contribution in [0.4, 0.5) is 5.69 Å². The van der Waals surface area contributed by atoms with Crippen LogP contribution in [0.2, 0.25) is 5.02 Å². The molecule has 0 saturated heterocycles. The van der Waals surface area contributed by atoms with Crippen molar-refractivity contribution in [1.82, 2.24) is 10.2 Å². The number of H-pyrrole nitrogens is 1. The number of carbonyl (C=O) groups excluding carboxylic acids is 1. The molecule has 2 rings (SSSR count). The molecular formula is C13H14ClN3O. The first-order valence-corrected chi connectivity index (χ1v) is 5.99. The Labute approximate surface area is 110 Å². The van der Waals surface area contributed by atoms with Gasteiger partial charge >= 0.3 is 0 Å². The van der Waals surface area contributed by atoms with E-state index >= 15 is 0 Å². The Bertz CT molecular complexity index is 577. The van der Waals surface area contributed by atoms with Gasteiger partial charge in [0.05, 0.1) is 12.1 Å². The Morgan fingerprint density at radius 3 is 2.78 bits per heavy atom. The van der Waals surface area contributed by atoms with E-state index in [2.05, 4.69) is 15.5 Å². The fourth-order valence-corrected chi connectivity index (χ4v) is 1.92. The maximum absolute atomic E-state index is 11.8. The third-order valence-electron chi connectivity index (χ3n) is 2.56.